The highest BCUT2D eigenvalue weighted by Crippen LogP contribution is 2.35. The fraction of sp³-hybridized carbons (Fsp3) is 0.250. The summed E-state index contributed by atoms with van der Waals surface area (Å²) >= 11 is 2.09. The minimum absolute atomic E-state index is 0.0533. The van der Waals surface area contributed by atoms with Gasteiger partial charge in [-0.2, -0.15) is 0 Å². The summed E-state index contributed by atoms with van der Waals surface area (Å²) in [6.45, 7) is 3.40. The molecule has 0 aliphatic carbocycles. The molecule has 1 aromatic heterocycles. The van der Waals surface area contributed by atoms with Crippen LogP contribution in [0.1, 0.15) is 19.4 Å². The predicted molar refractivity (Wildman–Crippen MR) is 92.2 cm³/mol. The molecule has 0 radical (unpaired) electrons. The molecule has 0 saturated carbocycles. The van der Waals surface area contributed by atoms with Gasteiger partial charge < -0.3 is 10.2 Å². The Labute approximate surface area is 146 Å². The minimum atomic E-state index is -0.878. The van der Waals surface area contributed by atoms with Crippen molar-refractivity contribution in [3.8, 4) is 0 Å². The van der Waals surface area contributed by atoms with E-state index in [0.717, 1.165) is 21.8 Å². The Hall–Kier alpha value is -1.77. The Kier molecular flexibility index (Phi) is 3.99. The lowest BCUT2D eigenvalue weighted by Gasteiger charge is -2.39. The first kappa shape index (κ1) is 16.1. The van der Waals surface area contributed by atoms with Crippen molar-refractivity contribution < 1.29 is 13.6 Å². The maximum Gasteiger partial charge on any atom is 0.252 e. The second-order valence-corrected chi connectivity index (χ2v) is 7.14. The number of aromatic nitrogens is 1. The maximum absolute atomic E-state index is 14.0. The number of carbonyl (C=O) groups is 1. The molecule has 0 fully saturated rings. The van der Waals surface area contributed by atoms with Crippen molar-refractivity contribution in [1.82, 2.24) is 4.98 Å². The molecule has 0 bridgehead atoms. The number of fused-ring (bicyclic) bond motifs is 1. The molecule has 1 N–H and O–H groups in total. The maximum atomic E-state index is 14.0. The Balaban J connectivity index is 2.08. The van der Waals surface area contributed by atoms with Gasteiger partial charge in [-0.15, -0.1) is 0 Å². The molecule has 1 aliphatic heterocycles. The molecule has 0 saturated heterocycles. The number of amides is 1. The van der Waals surface area contributed by atoms with Crippen LogP contribution in [-0.4, -0.2) is 16.4 Å². The van der Waals surface area contributed by atoms with E-state index in [1.165, 1.54) is 4.90 Å². The van der Waals surface area contributed by atoms with Crippen molar-refractivity contribution in [2.75, 3.05) is 10.2 Å². The first-order valence-electron chi connectivity index (χ1n) is 6.97. The van der Waals surface area contributed by atoms with Crippen molar-refractivity contribution in [3.05, 3.63) is 51.2 Å². The van der Waals surface area contributed by atoms with Crippen molar-refractivity contribution >= 4 is 40.0 Å². The third-order valence-corrected chi connectivity index (χ3v) is 4.26. The molecule has 1 amide bonds. The SMILES string of the molecule is CC1(C)Nc2ncc(I)cc2N(Cc2cc(F)ccc2F)C1=O. The molecule has 120 valence electrons. The zero-order valence-corrected chi connectivity index (χ0v) is 14.7. The zero-order chi connectivity index (χ0) is 16.8. The summed E-state index contributed by atoms with van der Waals surface area (Å²) in [6, 6.07) is 5.02. The third kappa shape index (κ3) is 3.01. The molecular formula is C16H14F2IN3O. The fourth-order valence-corrected chi connectivity index (χ4v) is 2.95. The number of carbonyl (C=O) groups excluding carboxylic acids is 1. The van der Waals surface area contributed by atoms with Gasteiger partial charge in [0.2, 0.25) is 0 Å². The quantitative estimate of drug-likeness (QED) is 0.741. The van der Waals surface area contributed by atoms with Gasteiger partial charge in [-0.1, -0.05) is 0 Å². The van der Waals surface area contributed by atoms with Crippen LogP contribution in [0.4, 0.5) is 20.3 Å². The molecule has 1 aromatic carbocycles. The van der Waals surface area contributed by atoms with E-state index in [2.05, 4.69) is 32.9 Å². The normalized spacial score (nSPS) is 16.0. The number of halogens is 3. The fourth-order valence-electron chi connectivity index (χ4n) is 2.52. The van der Waals surface area contributed by atoms with E-state index in [0.29, 0.717) is 11.5 Å². The van der Waals surface area contributed by atoms with E-state index in [1.54, 1.807) is 26.1 Å². The molecular weight excluding hydrogens is 415 g/mol. The number of hydrogen-bond donors (Lipinski definition) is 1. The van der Waals surface area contributed by atoms with Gasteiger partial charge in [0.05, 0.1) is 12.2 Å². The van der Waals surface area contributed by atoms with Crippen LogP contribution in [0, 0.1) is 15.2 Å². The molecule has 7 heteroatoms. The average molecular weight is 429 g/mol. The van der Waals surface area contributed by atoms with Crippen LogP contribution in [0.5, 0.6) is 0 Å². The molecule has 4 nitrogen and oxygen atoms in total. The summed E-state index contributed by atoms with van der Waals surface area (Å²) in [4.78, 5) is 18.5. The summed E-state index contributed by atoms with van der Waals surface area (Å²) in [5.74, 6) is -0.760. The van der Waals surface area contributed by atoms with Gasteiger partial charge in [0.15, 0.2) is 5.82 Å². The number of nitrogens with one attached hydrogen (secondary N) is 1. The van der Waals surface area contributed by atoms with E-state index in [9.17, 15) is 13.6 Å². The van der Waals surface area contributed by atoms with Crippen LogP contribution in [0.3, 0.4) is 0 Å². The number of nitrogens with zero attached hydrogens (tertiary/aromatic N) is 2. The van der Waals surface area contributed by atoms with Crippen LogP contribution in [-0.2, 0) is 11.3 Å². The minimum Gasteiger partial charge on any atom is -0.355 e. The molecule has 23 heavy (non-hydrogen) atoms. The lowest BCUT2D eigenvalue weighted by atomic mass is 9.99. The Morgan fingerprint density at radius 2 is 2.04 bits per heavy atom. The molecule has 1 aliphatic rings. The van der Waals surface area contributed by atoms with Crippen molar-refractivity contribution in [2.24, 2.45) is 0 Å². The number of hydrogen-bond acceptors (Lipinski definition) is 3. The van der Waals surface area contributed by atoms with Crippen LogP contribution in [0.2, 0.25) is 0 Å². The molecule has 3 rings (SSSR count). The third-order valence-electron chi connectivity index (χ3n) is 3.67. The Morgan fingerprint density at radius 3 is 2.78 bits per heavy atom. The van der Waals surface area contributed by atoms with Gasteiger partial charge in [-0.25, -0.2) is 13.8 Å². The topological polar surface area (TPSA) is 45.2 Å². The first-order valence-corrected chi connectivity index (χ1v) is 8.05. The summed E-state index contributed by atoms with van der Waals surface area (Å²) in [6.07, 6.45) is 1.68. The van der Waals surface area contributed by atoms with E-state index in [1.807, 2.05) is 0 Å². The van der Waals surface area contributed by atoms with E-state index >= 15 is 0 Å². The van der Waals surface area contributed by atoms with Gasteiger partial charge in [0.25, 0.3) is 5.91 Å². The highest BCUT2D eigenvalue weighted by atomic mass is 127. The van der Waals surface area contributed by atoms with Gasteiger partial charge >= 0.3 is 0 Å². The van der Waals surface area contributed by atoms with Crippen LogP contribution >= 0.6 is 22.6 Å². The van der Waals surface area contributed by atoms with Crippen LogP contribution < -0.4 is 10.2 Å². The lowest BCUT2D eigenvalue weighted by Crippen LogP contribution is -2.53. The van der Waals surface area contributed by atoms with Gasteiger partial charge in [0.1, 0.15) is 17.2 Å². The van der Waals surface area contributed by atoms with Crippen molar-refractivity contribution in [3.63, 3.8) is 0 Å². The summed E-state index contributed by atoms with van der Waals surface area (Å²) in [5, 5.41) is 3.08. The van der Waals surface area contributed by atoms with E-state index in [-0.39, 0.29) is 18.0 Å². The van der Waals surface area contributed by atoms with Gasteiger partial charge in [0, 0.05) is 15.3 Å². The number of benzene rings is 1. The second kappa shape index (κ2) is 5.70. The summed E-state index contributed by atoms with van der Waals surface area (Å²) < 4.78 is 28.2. The molecule has 0 unspecified atom stereocenters. The van der Waals surface area contributed by atoms with Crippen LogP contribution in [0.25, 0.3) is 0 Å². The molecule has 0 spiro atoms. The van der Waals surface area contributed by atoms with Crippen molar-refractivity contribution in [1.29, 1.82) is 0 Å². The first-order chi connectivity index (χ1) is 10.8. The van der Waals surface area contributed by atoms with Gasteiger partial charge in [-0.05, 0) is 60.7 Å². The monoisotopic (exact) mass is 429 g/mol. The van der Waals surface area contributed by atoms with Crippen LogP contribution in [0.15, 0.2) is 30.5 Å². The van der Waals surface area contributed by atoms with E-state index < -0.39 is 17.2 Å². The predicted octanol–water partition coefficient (Wildman–Crippen LogP) is 3.70. The van der Waals surface area contributed by atoms with Gasteiger partial charge in [-0.3, -0.25) is 4.79 Å². The number of pyridine rings is 1. The highest BCUT2D eigenvalue weighted by molar-refractivity contribution is 14.1. The highest BCUT2D eigenvalue weighted by Gasteiger charge is 2.39. The van der Waals surface area contributed by atoms with Crippen molar-refractivity contribution in [2.45, 2.75) is 25.9 Å². The summed E-state index contributed by atoms with van der Waals surface area (Å²) in [5.41, 5.74) is -0.193. The largest absolute Gasteiger partial charge is 0.355 e. The Bertz CT molecular complexity index is 795. The smallest absolute Gasteiger partial charge is 0.252 e. The number of anilines is 2. The molecule has 0 atom stereocenters. The Morgan fingerprint density at radius 1 is 1.30 bits per heavy atom. The number of rotatable bonds is 2. The second-order valence-electron chi connectivity index (χ2n) is 5.90. The lowest BCUT2D eigenvalue weighted by molar-refractivity contribution is -0.122. The standard InChI is InChI=1S/C16H14F2IN3O/c1-16(2)15(23)22(8-9-5-10(17)3-4-12(9)18)13-6-11(19)7-20-14(13)21-16/h3-7H,8H2,1-2H3,(H,20,21). The van der Waals surface area contributed by atoms with E-state index in [4.69, 9.17) is 0 Å². The average Bonchev–Trinajstić information content (AvgIpc) is 2.48. The molecule has 2 heterocycles. The summed E-state index contributed by atoms with van der Waals surface area (Å²) in [7, 11) is 0. The molecule has 2 aromatic rings. The zero-order valence-electron chi connectivity index (χ0n) is 12.5.